The summed E-state index contributed by atoms with van der Waals surface area (Å²) in [6.45, 7) is 0.963. The fraction of sp³-hybridized carbons (Fsp3) is 0.278. The minimum absolute atomic E-state index is 0.0127. The van der Waals surface area contributed by atoms with E-state index in [0.717, 1.165) is 12.6 Å². The number of carbonyl (C=O) groups is 1. The summed E-state index contributed by atoms with van der Waals surface area (Å²) in [5.74, 6) is -1.38. The molecule has 0 aliphatic carbocycles. The molecule has 1 heterocycles. The van der Waals surface area contributed by atoms with Gasteiger partial charge in [-0.05, 0) is 43.7 Å². The minimum Gasteiger partial charge on any atom is -0.504 e. The molecule has 2 amide bonds. The first-order chi connectivity index (χ1) is 13.7. The first-order valence-corrected chi connectivity index (χ1v) is 11.0. The largest absolute Gasteiger partial charge is 0.504 e. The topological polar surface area (TPSA) is 108 Å². The number of aromatic hydroxyl groups is 1. The van der Waals surface area contributed by atoms with Crippen molar-refractivity contribution >= 4 is 50.4 Å². The number of carbonyl (C=O) groups excluding carboxylic acids is 1. The van der Waals surface area contributed by atoms with E-state index in [9.17, 15) is 22.7 Å². The van der Waals surface area contributed by atoms with Gasteiger partial charge in [-0.15, -0.1) is 0 Å². The lowest BCUT2D eigenvalue weighted by atomic mass is 10.2. The van der Waals surface area contributed by atoms with Crippen molar-refractivity contribution in [2.24, 2.45) is 0 Å². The second-order valence-corrected chi connectivity index (χ2v) is 9.42. The highest BCUT2D eigenvalue weighted by molar-refractivity contribution is 7.92. The average Bonchev–Trinajstić information content (AvgIpc) is 2.68. The van der Waals surface area contributed by atoms with Crippen molar-refractivity contribution in [2.45, 2.75) is 23.0 Å². The molecule has 1 atom stereocenters. The van der Waals surface area contributed by atoms with Crippen LogP contribution < -0.4 is 16.0 Å². The predicted molar refractivity (Wildman–Crippen MR) is 110 cm³/mol. The predicted octanol–water partition coefficient (Wildman–Crippen LogP) is 4.01. The molecule has 156 valence electrons. The van der Waals surface area contributed by atoms with Crippen LogP contribution in [0.15, 0.2) is 35.2 Å². The lowest BCUT2D eigenvalue weighted by Crippen LogP contribution is -2.38. The molecule has 1 aliphatic rings. The Kier molecular flexibility index (Phi) is 6.52. The van der Waals surface area contributed by atoms with Crippen LogP contribution in [0.5, 0.6) is 5.75 Å². The Morgan fingerprint density at radius 2 is 1.90 bits per heavy atom. The summed E-state index contributed by atoms with van der Waals surface area (Å²) < 4.78 is 39.4. The van der Waals surface area contributed by atoms with Crippen LogP contribution in [0.2, 0.25) is 10.0 Å². The zero-order chi connectivity index (χ0) is 21.2. The van der Waals surface area contributed by atoms with E-state index in [0.29, 0.717) is 12.8 Å². The summed E-state index contributed by atoms with van der Waals surface area (Å²) in [5.41, 5.74) is -0.152. The van der Waals surface area contributed by atoms with Crippen molar-refractivity contribution in [1.29, 1.82) is 0 Å². The van der Waals surface area contributed by atoms with E-state index in [-0.39, 0.29) is 28.0 Å². The highest BCUT2D eigenvalue weighted by Crippen LogP contribution is 2.39. The zero-order valence-electron chi connectivity index (χ0n) is 15.0. The second-order valence-electron chi connectivity index (χ2n) is 6.47. The van der Waals surface area contributed by atoms with Gasteiger partial charge in [0, 0.05) is 6.54 Å². The number of phenols is 1. The van der Waals surface area contributed by atoms with Gasteiger partial charge in [0.15, 0.2) is 15.6 Å². The molecule has 0 bridgehead atoms. The van der Waals surface area contributed by atoms with Gasteiger partial charge in [-0.3, -0.25) is 0 Å². The van der Waals surface area contributed by atoms with Crippen LogP contribution in [0.3, 0.4) is 0 Å². The quantitative estimate of drug-likeness (QED) is 0.514. The number of halogens is 3. The second kappa shape index (κ2) is 8.74. The lowest BCUT2D eigenvalue weighted by molar-refractivity contribution is 0.262. The van der Waals surface area contributed by atoms with Crippen molar-refractivity contribution < 1.29 is 22.7 Å². The summed E-state index contributed by atoms with van der Waals surface area (Å²) in [5, 5.41) is 17.0. The third-order valence-corrected chi connectivity index (χ3v) is 7.58. The van der Waals surface area contributed by atoms with Crippen LogP contribution in [0.4, 0.5) is 20.6 Å². The molecule has 0 radical (unpaired) electrons. The first kappa shape index (κ1) is 21.6. The minimum atomic E-state index is -3.94. The molecule has 1 unspecified atom stereocenters. The number of benzene rings is 2. The SMILES string of the molecule is O=C(Nc1ccc(Cl)c(S(=O)(=O)C2CCCNC2)c1O)Nc1cccc(F)c1Cl. The number of amides is 2. The number of piperidine rings is 1. The molecule has 0 spiro atoms. The van der Waals surface area contributed by atoms with Gasteiger partial charge < -0.3 is 21.1 Å². The van der Waals surface area contributed by atoms with E-state index in [1.807, 2.05) is 0 Å². The molecule has 11 heteroatoms. The van der Waals surface area contributed by atoms with E-state index in [1.165, 1.54) is 24.3 Å². The van der Waals surface area contributed by atoms with Crippen molar-refractivity contribution in [3.8, 4) is 5.75 Å². The van der Waals surface area contributed by atoms with Gasteiger partial charge in [0.05, 0.1) is 26.7 Å². The van der Waals surface area contributed by atoms with Crippen LogP contribution in [0, 0.1) is 5.82 Å². The summed E-state index contributed by atoms with van der Waals surface area (Å²) in [4.78, 5) is 11.8. The molecule has 1 aliphatic heterocycles. The number of urea groups is 1. The number of anilines is 2. The maximum atomic E-state index is 13.5. The van der Waals surface area contributed by atoms with Gasteiger partial charge in [-0.1, -0.05) is 29.3 Å². The fourth-order valence-electron chi connectivity index (χ4n) is 3.05. The summed E-state index contributed by atoms with van der Waals surface area (Å²) in [7, 11) is -3.94. The van der Waals surface area contributed by atoms with Crippen LogP contribution in [-0.4, -0.2) is 37.9 Å². The summed E-state index contributed by atoms with van der Waals surface area (Å²) in [6.07, 6.45) is 1.11. The molecule has 2 aromatic rings. The maximum Gasteiger partial charge on any atom is 0.323 e. The number of sulfone groups is 1. The summed E-state index contributed by atoms with van der Waals surface area (Å²) in [6, 6.07) is 5.57. The van der Waals surface area contributed by atoms with Gasteiger partial charge >= 0.3 is 6.03 Å². The van der Waals surface area contributed by atoms with Gasteiger partial charge in [0.1, 0.15) is 10.7 Å². The van der Waals surface area contributed by atoms with Gasteiger partial charge in [-0.25, -0.2) is 17.6 Å². The Balaban J connectivity index is 1.87. The van der Waals surface area contributed by atoms with Crippen molar-refractivity contribution in [3.05, 3.63) is 46.2 Å². The molecule has 29 heavy (non-hydrogen) atoms. The van der Waals surface area contributed by atoms with E-state index >= 15 is 0 Å². The molecule has 2 aromatic carbocycles. The van der Waals surface area contributed by atoms with E-state index in [2.05, 4.69) is 16.0 Å². The third kappa shape index (κ3) is 4.58. The molecule has 4 N–H and O–H groups in total. The number of nitrogens with one attached hydrogen (secondary N) is 3. The molecule has 3 rings (SSSR count). The molecular weight excluding hydrogens is 444 g/mol. The molecule has 0 saturated carbocycles. The Morgan fingerprint density at radius 1 is 1.17 bits per heavy atom. The Bertz CT molecular complexity index is 1040. The van der Waals surface area contributed by atoms with Crippen LogP contribution in [-0.2, 0) is 9.84 Å². The number of phenolic OH excluding ortho intramolecular Hbond substituents is 1. The van der Waals surface area contributed by atoms with E-state index in [1.54, 1.807) is 0 Å². The molecule has 1 fully saturated rings. The highest BCUT2D eigenvalue weighted by Gasteiger charge is 2.34. The number of hydrogen-bond donors (Lipinski definition) is 4. The Labute approximate surface area is 177 Å². The van der Waals surface area contributed by atoms with E-state index < -0.39 is 37.6 Å². The third-order valence-electron chi connectivity index (χ3n) is 4.51. The van der Waals surface area contributed by atoms with Crippen molar-refractivity contribution in [3.63, 3.8) is 0 Å². The maximum absolute atomic E-state index is 13.5. The summed E-state index contributed by atoms with van der Waals surface area (Å²) >= 11 is 11.9. The molecule has 0 aromatic heterocycles. The molecule has 1 saturated heterocycles. The monoisotopic (exact) mass is 461 g/mol. The normalized spacial score (nSPS) is 17.0. The van der Waals surface area contributed by atoms with Crippen LogP contribution in [0.1, 0.15) is 12.8 Å². The van der Waals surface area contributed by atoms with E-state index in [4.69, 9.17) is 23.2 Å². The zero-order valence-corrected chi connectivity index (χ0v) is 17.3. The Morgan fingerprint density at radius 3 is 2.59 bits per heavy atom. The van der Waals surface area contributed by atoms with Crippen molar-refractivity contribution in [1.82, 2.24) is 5.32 Å². The number of rotatable bonds is 4. The van der Waals surface area contributed by atoms with Gasteiger partial charge in [0.25, 0.3) is 0 Å². The van der Waals surface area contributed by atoms with Crippen molar-refractivity contribution in [2.75, 3.05) is 23.7 Å². The van der Waals surface area contributed by atoms with Gasteiger partial charge in [0.2, 0.25) is 0 Å². The lowest BCUT2D eigenvalue weighted by Gasteiger charge is -2.24. The van der Waals surface area contributed by atoms with Crippen LogP contribution >= 0.6 is 23.2 Å². The smallest absolute Gasteiger partial charge is 0.323 e. The van der Waals surface area contributed by atoms with Crippen LogP contribution in [0.25, 0.3) is 0 Å². The number of hydrogen-bond acceptors (Lipinski definition) is 5. The average molecular weight is 462 g/mol. The highest BCUT2D eigenvalue weighted by atomic mass is 35.5. The molecule has 7 nitrogen and oxygen atoms in total. The Hall–Kier alpha value is -2.07. The molecular formula is C18H18Cl2FN3O4S. The first-order valence-electron chi connectivity index (χ1n) is 8.70. The fourth-order valence-corrected chi connectivity index (χ4v) is 5.56. The van der Waals surface area contributed by atoms with Gasteiger partial charge in [-0.2, -0.15) is 0 Å². The standard InChI is InChI=1S/C18H18Cl2FN3O4S/c19-11-6-7-14(24-18(26)23-13-5-1-4-12(21)15(13)20)16(25)17(11)29(27,28)10-3-2-8-22-9-10/h1,4-7,10,22,25H,2-3,8-9H2,(H2,23,24,26).